The van der Waals surface area contributed by atoms with Crippen LogP contribution in [0.25, 0.3) is 11.3 Å². The molecule has 1 fully saturated rings. The van der Waals surface area contributed by atoms with E-state index in [0.717, 1.165) is 61.8 Å². The first-order valence-corrected chi connectivity index (χ1v) is 9.55. The summed E-state index contributed by atoms with van der Waals surface area (Å²) in [5.74, 6) is 1.49. The molecule has 3 rings (SSSR count). The fraction of sp³-hybridized carbons (Fsp3) is 0.455. The van der Waals surface area contributed by atoms with Gasteiger partial charge in [0.25, 0.3) is 0 Å². The van der Waals surface area contributed by atoms with Crippen LogP contribution in [0.1, 0.15) is 30.7 Å². The van der Waals surface area contributed by atoms with Crippen LogP contribution in [0.2, 0.25) is 0 Å². The van der Waals surface area contributed by atoms with Crippen molar-refractivity contribution in [3.8, 4) is 11.3 Å². The van der Waals surface area contributed by atoms with Gasteiger partial charge in [-0.2, -0.15) is 0 Å². The number of nitrogens with two attached hydrogens (primary N) is 1. The van der Waals surface area contributed by atoms with E-state index in [9.17, 15) is 0 Å². The Morgan fingerprint density at radius 3 is 2.31 bits per heavy atom. The molecule has 1 aliphatic heterocycles. The van der Waals surface area contributed by atoms with Gasteiger partial charge in [-0.1, -0.05) is 44.2 Å². The average Bonchev–Trinajstić information content (AvgIpc) is 2.64. The first-order valence-electron chi connectivity index (χ1n) is 9.55. The monoisotopic (exact) mass is 351 g/mol. The van der Waals surface area contributed by atoms with Crippen LogP contribution in [0.3, 0.4) is 0 Å². The standard InChI is InChI=1S/C22H31N4/c1-17(2)15-25-10-12-26(13-11-25)16-20-8-9-22(24-18(20)3)21-7-5-4-6-19(21)14-23/h4-9H,10-16,23H2,1-3H3. The third-order valence-corrected chi connectivity index (χ3v) is 5.11. The minimum Gasteiger partial charge on any atom is -0.326 e. The fourth-order valence-electron chi connectivity index (χ4n) is 3.65. The zero-order chi connectivity index (χ0) is 18.5. The first kappa shape index (κ1) is 19.0. The largest absolute Gasteiger partial charge is 0.326 e. The van der Waals surface area contributed by atoms with E-state index >= 15 is 0 Å². The third kappa shape index (κ3) is 4.70. The van der Waals surface area contributed by atoms with E-state index in [0.29, 0.717) is 6.54 Å². The van der Waals surface area contributed by atoms with Gasteiger partial charge in [-0.3, -0.25) is 9.88 Å². The van der Waals surface area contributed by atoms with Gasteiger partial charge in [-0.05, 0) is 30.0 Å². The van der Waals surface area contributed by atoms with E-state index in [4.69, 9.17) is 10.7 Å². The lowest BCUT2D eigenvalue weighted by Crippen LogP contribution is -2.46. The Hall–Kier alpha value is -1.75. The highest BCUT2D eigenvalue weighted by atomic mass is 15.3. The lowest BCUT2D eigenvalue weighted by atomic mass is 10.0. The fourth-order valence-corrected chi connectivity index (χ4v) is 3.65. The number of hydrogen-bond donors (Lipinski definition) is 1. The minimum atomic E-state index is 0.539. The molecule has 26 heavy (non-hydrogen) atoms. The van der Waals surface area contributed by atoms with Crippen LogP contribution in [-0.4, -0.2) is 47.5 Å². The van der Waals surface area contributed by atoms with E-state index in [1.54, 1.807) is 0 Å². The maximum absolute atomic E-state index is 5.88. The Balaban J connectivity index is 1.66. The highest BCUT2D eigenvalue weighted by Gasteiger charge is 2.18. The molecule has 0 spiro atoms. The van der Waals surface area contributed by atoms with Crippen molar-refractivity contribution in [3.05, 3.63) is 59.1 Å². The molecule has 0 unspecified atom stereocenters. The molecule has 2 heterocycles. The Morgan fingerprint density at radius 2 is 1.65 bits per heavy atom. The summed E-state index contributed by atoms with van der Waals surface area (Å²) < 4.78 is 0. The van der Waals surface area contributed by atoms with Crippen molar-refractivity contribution in [2.75, 3.05) is 32.7 Å². The lowest BCUT2D eigenvalue weighted by molar-refractivity contribution is 0.131. The average molecular weight is 352 g/mol. The molecular formula is C22H31N4. The molecule has 0 bridgehead atoms. The Morgan fingerprint density at radius 1 is 0.962 bits per heavy atom. The van der Waals surface area contributed by atoms with Gasteiger partial charge in [0.1, 0.15) is 0 Å². The van der Waals surface area contributed by atoms with Gasteiger partial charge in [0, 0.05) is 57.1 Å². The zero-order valence-corrected chi connectivity index (χ0v) is 16.3. The van der Waals surface area contributed by atoms with E-state index in [2.05, 4.69) is 54.8 Å². The number of rotatable bonds is 6. The van der Waals surface area contributed by atoms with Crippen molar-refractivity contribution in [1.29, 1.82) is 0 Å². The number of aryl methyl sites for hydroxylation is 1. The Bertz CT molecular complexity index is 718. The van der Waals surface area contributed by atoms with E-state index < -0.39 is 0 Å². The Labute approximate surface area is 158 Å². The molecule has 1 saturated heterocycles. The van der Waals surface area contributed by atoms with Crippen LogP contribution in [0.15, 0.2) is 36.4 Å². The molecule has 0 atom stereocenters. The second-order valence-electron chi connectivity index (χ2n) is 7.56. The second kappa shape index (κ2) is 8.76. The van der Waals surface area contributed by atoms with Gasteiger partial charge >= 0.3 is 0 Å². The predicted molar refractivity (Wildman–Crippen MR) is 109 cm³/mol. The van der Waals surface area contributed by atoms with Gasteiger partial charge in [0.15, 0.2) is 0 Å². The molecule has 0 aliphatic carbocycles. The van der Waals surface area contributed by atoms with Gasteiger partial charge in [-0.15, -0.1) is 0 Å². The number of piperazine rings is 1. The summed E-state index contributed by atoms with van der Waals surface area (Å²) in [5.41, 5.74) is 11.6. The van der Waals surface area contributed by atoms with Gasteiger partial charge < -0.3 is 10.6 Å². The van der Waals surface area contributed by atoms with E-state index in [1.165, 1.54) is 11.5 Å². The molecule has 4 nitrogen and oxygen atoms in total. The number of benzene rings is 1. The second-order valence-corrected chi connectivity index (χ2v) is 7.56. The molecule has 4 heteroatoms. The Kier molecular flexibility index (Phi) is 6.41. The van der Waals surface area contributed by atoms with Crippen molar-refractivity contribution in [3.63, 3.8) is 0 Å². The van der Waals surface area contributed by atoms with Crippen LogP contribution in [0, 0.1) is 12.8 Å². The predicted octanol–water partition coefficient (Wildman–Crippen LogP) is 3.25. The molecule has 1 aromatic carbocycles. The molecule has 139 valence electrons. The summed E-state index contributed by atoms with van der Waals surface area (Å²) in [4.78, 5) is 9.96. The smallest absolute Gasteiger partial charge is 0.0708 e. The molecule has 2 aromatic rings. The SMILES string of the molecule is C[C](C)CN1CCN(Cc2ccc(-c3ccccc3CN)nc2C)CC1. The quantitative estimate of drug-likeness (QED) is 0.868. The summed E-state index contributed by atoms with van der Waals surface area (Å²) in [6, 6.07) is 12.6. The van der Waals surface area contributed by atoms with Crippen LogP contribution in [-0.2, 0) is 13.1 Å². The highest BCUT2D eigenvalue weighted by molar-refractivity contribution is 5.64. The zero-order valence-electron chi connectivity index (χ0n) is 16.3. The number of aromatic nitrogens is 1. The molecule has 0 saturated carbocycles. The topological polar surface area (TPSA) is 45.4 Å². The summed E-state index contributed by atoms with van der Waals surface area (Å²) in [5, 5.41) is 0. The molecule has 2 N–H and O–H groups in total. The maximum Gasteiger partial charge on any atom is 0.0708 e. The van der Waals surface area contributed by atoms with Crippen LogP contribution >= 0.6 is 0 Å². The van der Waals surface area contributed by atoms with Crippen molar-refractivity contribution in [2.24, 2.45) is 5.73 Å². The van der Waals surface area contributed by atoms with Gasteiger partial charge in [-0.25, -0.2) is 0 Å². The molecular weight excluding hydrogens is 320 g/mol. The summed E-state index contributed by atoms with van der Waals surface area (Å²) >= 11 is 0. The number of nitrogens with zero attached hydrogens (tertiary/aromatic N) is 3. The number of pyridine rings is 1. The van der Waals surface area contributed by atoms with Crippen molar-refractivity contribution in [1.82, 2.24) is 14.8 Å². The third-order valence-electron chi connectivity index (χ3n) is 5.11. The molecule has 1 aliphatic rings. The molecule has 1 aromatic heterocycles. The van der Waals surface area contributed by atoms with Crippen LogP contribution in [0.5, 0.6) is 0 Å². The maximum atomic E-state index is 5.88. The summed E-state index contributed by atoms with van der Waals surface area (Å²) in [7, 11) is 0. The summed E-state index contributed by atoms with van der Waals surface area (Å²) in [6.07, 6.45) is 0. The molecule has 0 amide bonds. The molecule has 1 radical (unpaired) electrons. The minimum absolute atomic E-state index is 0.539. The van der Waals surface area contributed by atoms with Crippen molar-refractivity contribution < 1.29 is 0 Å². The lowest BCUT2D eigenvalue weighted by Gasteiger charge is -2.35. The normalized spacial score (nSPS) is 16.3. The first-order chi connectivity index (χ1) is 12.6. The van der Waals surface area contributed by atoms with Crippen LogP contribution < -0.4 is 5.73 Å². The van der Waals surface area contributed by atoms with Crippen molar-refractivity contribution >= 4 is 0 Å². The van der Waals surface area contributed by atoms with Crippen LogP contribution in [0.4, 0.5) is 0 Å². The van der Waals surface area contributed by atoms with Crippen molar-refractivity contribution in [2.45, 2.75) is 33.9 Å². The van der Waals surface area contributed by atoms with E-state index in [-0.39, 0.29) is 0 Å². The van der Waals surface area contributed by atoms with E-state index in [1.807, 2.05) is 12.1 Å². The van der Waals surface area contributed by atoms with Gasteiger partial charge in [0.2, 0.25) is 0 Å². The number of hydrogen-bond acceptors (Lipinski definition) is 4. The highest BCUT2D eigenvalue weighted by Crippen LogP contribution is 2.23. The van der Waals surface area contributed by atoms with Gasteiger partial charge in [0.05, 0.1) is 5.69 Å². The summed E-state index contributed by atoms with van der Waals surface area (Å²) in [6.45, 7) is 13.8.